The average molecular weight is 455 g/mol. The van der Waals surface area contributed by atoms with Crippen molar-refractivity contribution in [2.24, 2.45) is 0 Å². The molecule has 1 rings (SSSR count). The lowest BCUT2D eigenvalue weighted by atomic mass is 9.98. The second-order valence-corrected chi connectivity index (χ2v) is 6.62. The molecule has 0 unspecified atom stereocenters. The summed E-state index contributed by atoms with van der Waals surface area (Å²) in [6.07, 6.45) is -6.01. The molecule has 5 atom stereocenters. The van der Waals surface area contributed by atoms with Crippen molar-refractivity contribution in [3.05, 3.63) is 0 Å². The number of ether oxygens (including phenoxy) is 7. The molecule has 0 bridgehead atoms. The number of carbonyl (C=O) groups is 4. The molecule has 0 radical (unpaired) electrons. The molecule has 11 nitrogen and oxygen atoms in total. The van der Waals surface area contributed by atoms with Crippen LogP contribution in [0.2, 0.25) is 0 Å². The van der Waals surface area contributed by atoms with Crippen molar-refractivity contribution in [2.45, 2.75) is 58.4 Å². The summed E-state index contributed by atoms with van der Waals surface area (Å²) in [6.45, 7) is 4.82. The Kier molecular flexibility index (Phi) is 11.6. The topological polar surface area (TPSA) is 133 Å². The van der Waals surface area contributed by atoms with E-state index in [1.165, 1.54) is 6.92 Å². The Morgan fingerprint density at radius 1 is 0.767 bits per heavy atom. The van der Waals surface area contributed by atoms with Gasteiger partial charge in [-0.25, -0.2) is 0 Å². The molecule has 1 aliphatic heterocycles. The van der Waals surface area contributed by atoms with Gasteiger partial charge in [0.05, 0.1) is 19.8 Å². The number of carbonyl (C=O) groups excluding carboxylic acids is 4. The fourth-order valence-electron chi connectivity index (χ4n) is 2.70. The normalized spacial score (nSPS) is 25.8. The van der Waals surface area contributed by atoms with E-state index >= 15 is 0 Å². The van der Waals surface area contributed by atoms with Gasteiger partial charge in [-0.15, -0.1) is 11.6 Å². The molecular formula is C18H27ClO11. The van der Waals surface area contributed by atoms with Gasteiger partial charge in [-0.2, -0.15) is 0 Å². The van der Waals surface area contributed by atoms with Crippen LogP contribution in [0.5, 0.6) is 0 Å². The minimum atomic E-state index is -1.27. The Morgan fingerprint density at radius 2 is 1.33 bits per heavy atom. The van der Waals surface area contributed by atoms with Crippen LogP contribution < -0.4 is 0 Å². The number of hydrogen-bond acceptors (Lipinski definition) is 11. The van der Waals surface area contributed by atoms with Crippen molar-refractivity contribution in [1.29, 1.82) is 0 Å². The highest BCUT2D eigenvalue weighted by atomic mass is 35.5. The first-order valence-electron chi connectivity index (χ1n) is 9.21. The van der Waals surface area contributed by atoms with Gasteiger partial charge in [-0.1, -0.05) is 0 Å². The van der Waals surface area contributed by atoms with Crippen LogP contribution in [-0.2, 0) is 52.3 Å². The summed E-state index contributed by atoms with van der Waals surface area (Å²) in [5.74, 6) is -2.42. The van der Waals surface area contributed by atoms with Crippen LogP contribution >= 0.6 is 11.6 Å². The van der Waals surface area contributed by atoms with Gasteiger partial charge < -0.3 is 33.2 Å². The molecule has 0 aromatic rings. The third-order valence-corrected chi connectivity index (χ3v) is 3.83. The Hall–Kier alpha value is -1.95. The maximum atomic E-state index is 11.7. The third-order valence-electron chi connectivity index (χ3n) is 3.68. The molecule has 30 heavy (non-hydrogen) atoms. The molecule has 1 heterocycles. The van der Waals surface area contributed by atoms with E-state index in [1.54, 1.807) is 0 Å². The van der Waals surface area contributed by atoms with Gasteiger partial charge in [0.25, 0.3) is 0 Å². The van der Waals surface area contributed by atoms with Gasteiger partial charge in [0.2, 0.25) is 0 Å². The molecule has 0 spiro atoms. The van der Waals surface area contributed by atoms with Crippen molar-refractivity contribution in [2.75, 3.05) is 32.3 Å². The van der Waals surface area contributed by atoms with Crippen LogP contribution in [0.3, 0.4) is 0 Å². The first-order valence-corrected chi connectivity index (χ1v) is 9.75. The summed E-state index contributed by atoms with van der Waals surface area (Å²) < 4.78 is 37.3. The number of halogens is 1. The van der Waals surface area contributed by atoms with Gasteiger partial charge >= 0.3 is 23.9 Å². The number of hydrogen-bond donors (Lipinski definition) is 0. The van der Waals surface area contributed by atoms with Crippen molar-refractivity contribution in [1.82, 2.24) is 0 Å². The van der Waals surface area contributed by atoms with E-state index < -0.39 is 54.6 Å². The predicted octanol–water partition coefficient (Wildman–Crippen LogP) is 0.342. The lowest BCUT2D eigenvalue weighted by molar-refractivity contribution is -0.309. The lowest BCUT2D eigenvalue weighted by Crippen LogP contribution is -2.63. The van der Waals surface area contributed by atoms with Gasteiger partial charge in [0.15, 0.2) is 24.6 Å². The van der Waals surface area contributed by atoms with E-state index in [0.717, 1.165) is 20.8 Å². The molecule has 0 amide bonds. The maximum absolute atomic E-state index is 11.7. The molecule has 0 aromatic carbocycles. The quantitative estimate of drug-likeness (QED) is 0.185. The molecule has 1 saturated heterocycles. The first kappa shape index (κ1) is 26.1. The zero-order valence-electron chi connectivity index (χ0n) is 17.3. The lowest BCUT2D eigenvalue weighted by Gasteiger charge is -2.44. The van der Waals surface area contributed by atoms with E-state index in [-0.39, 0.29) is 19.8 Å². The van der Waals surface area contributed by atoms with E-state index in [1.807, 2.05) is 0 Å². The van der Waals surface area contributed by atoms with Crippen LogP contribution in [0, 0.1) is 0 Å². The molecule has 1 aliphatic rings. The smallest absolute Gasteiger partial charge is 0.303 e. The van der Waals surface area contributed by atoms with Gasteiger partial charge in [0, 0.05) is 33.6 Å². The predicted molar refractivity (Wildman–Crippen MR) is 99.4 cm³/mol. The average Bonchev–Trinajstić information content (AvgIpc) is 2.63. The summed E-state index contributed by atoms with van der Waals surface area (Å²) in [4.78, 5) is 46.2. The van der Waals surface area contributed by atoms with E-state index in [9.17, 15) is 19.2 Å². The molecule has 1 fully saturated rings. The van der Waals surface area contributed by atoms with Crippen LogP contribution in [0.15, 0.2) is 0 Å². The second-order valence-electron chi connectivity index (χ2n) is 6.24. The van der Waals surface area contributed by atoms with E-state index in [4.69, 9.17) is 44.8 Å². The third kappa shape index (κ3) is 9.24. The van der Waals surface area contributed by atoms with Crippen molar-refractivity contribution >= 4 is 35.5 Å². The standard InChI is InChI=1S/C18H27ClO11/c1-10(20)26-9-14-15(27-11(2)21)16(28-12(3)22)17(29-13(4)23)18(30-14)25-8-7-24-6-5-19/h14-18H,5-9H2,1-4H3/t14-,15-,16+,17+,18+/m1/s1. The fourth-order valence-corrected chi connectivity index (χ4v) is 2.81. The molecule has 0 N–H and O–H groups in total. The zero-order chi connectivity index (χ0) is 22.7. The summed E-state index contributed by atoms with van der Waals surface area (Å²) >= 11 is 5.53. The van der Waals surface area contributed by atoms with Crippen molar-refractivity contribution in [3.63, 3.8) is 0 Å². The summed E-state index contributed by atoms with van der Waals surface area (Å²) in [5, 5.41) is 0. The summed E-state index contributed by atoms with van der Waals surface area (Å²) in [6, 6.07) is 0. The van der Waals surface area contributed by atoms with Gasteiger partial charge in [-0.05, 0) is 0 Å². The number of esters is 4. The first-order chi connectivity index (χ1) is 14.1. The van der Waals surface area contributed by atoms with Gasteiger partial charge in [-0.3, -0.25) is 19.2 Å². The summed E-state index contributed by atoms with van der Waals surface area (Å²) in [7, 11) is 0. The minimum Gasteiger partial charge on any atom is -0.463 e. The highest BCUT2D eigenvalue weighted by Crippen LogP contribution is 2.29. The summed E-state index contributed by atoms with van der Waals surface area (Å²) in [5.41, 5.74) is 0. The maximum Gasteiger partial charge on any atom is 0.303 e. The number of rotatable bonds is 11. The molecule has 0 aliphatic carbocycles. The molecule has 12 heteroatoms. The Labute approximate surface area is 179 Å². The van der Waals surface area contributed by atoms with Crippen molar-refractivity contribution < 1.29 is 52.3 Å². The highest BCUT2D eigenvalue weighted by Gasteiger charge is 2.52. The second kappa shape index (κ2) is 13.4. The SMILES string of the molecule is CC(=O)OC[C@H]1O[C@H](OCCOCCCl)[C@@H](OC(C)=O)[C@@H](OC(C)=O)[C@@H]1OC(C)=O. The molecule has 172 valence electrons. The van der Waals surface area contributed by atoms with Crippen LogP contribution in [0.1, 0.15) is 27.7 Å². The highest BCUT2D eigenvalue weighted by molar-refractivity contribution is 6.17. The van der Waals surface area contributed by atoms with Crippen LogP contribution in [0.4, 0.5) is 0 Å². The number of alkyl halides is 1. The Morgan fingerprint density at radius 3 is 1.87 bits per heavy atom. The Balaban J connectivity index is 3.13. The fraction of sp³-hybridized carbons (Fsp3) is 0.778. The monoisotopic (exact) mass is 454 g/mol. The van der Waals surface area contributed by atoms with E-state index in [2.05, 4.69) is 0 Å². The zero-order valence-corrected chi connectivity index (χ0v) is 18.0. The minimum absolute atomic E-state index is 0.0324. The van der Waals surface area contributed by atoms with Crippen LogP contribution in [-0.4, -0.2) is 86.9 Å². The van der Waals surface area contributed by atoms with E-state index in [0.29, 0.717) is 12.5 Å². The van der Waals surface area contributed by atoms with Crippen LogP contribution in [0.25, 0.3) is 0 Å². The molecule has 0 aromatic heterocycles. The molecule has 0 saturated carbocycles. The Bertz CT molecular complexity index is 597. The largest absolute Gasteiger partial charge is 0.463 e. The van der Waals surface area contributed by atoms with Crippen molar-refractivity contribution in [3.8, 4) is 0 Å². The van der Waals surface area contributed by atoms with Gasteiger partial charge in [0.1, 0.15) is 12.7 Å². The molecular weight excluding hydrogens is 428 g/mol.